The molecule has 1 fully saturated rings. The molecule has 38 heavy (non-hydrogen) atoms. The molecule has 0 unspecified atom stereocenters. The van der Waals surface area contributed by atoms with E-state index >= 15 is 0 Å². The number of nitrogens with zero attached hydrogens (tertiary/aromatic N) is 4. The first-order valence-electron chi connectivity index (χ1n) is 10.9. The molecule has 0 saturated carbocycles. The van der Waals surface area contributed by atoms with E-state index in [0.29, 0.717) is 44.7 Å². The van der Waals surface area contributed by atoms with Gasteiger partial charge < -0.3 is 4.90 Å². The maximum Gasteiger partial charge on any atom is 0.261 e. The lowest BCUT2D eigenvalue weighted by atomic mass is 10.2. The third kappa shape index (κ3) is 6.29. The molecule has 0 spiro atoms. The van der Waals surface area contributed by atoms with Crippen LogP contribution in [0.2, 0.25) is 20.4 Å². The van der Waals surface area contributed by atoms with Crippen LogP contribution < -0.4 is 0 Å². The molecule has 4 aromatic rings. The highest BCUT2D eigenvalue weighted by Gasteiger charge is 2.28. The predicted molar refractivity (Wildman–Crippen MR) is 153 cm³/mol. The molecule has 0 N–H and O–H groups in total. The van der Waals surface area contributed by atoms with Crippen LogP contribution in [0.15, 0.2) is 58.6 Å². The molecule has 0 amide bonds. The van der Waals surface area contributed by atoms with Gasteiger partial charge in [-0.15, -0.1) is 0 Å². The zero-order valence-electron chi connectivity index (χ0n) is 19.6. The van der Waals surface area contributed by atoms with Crippen molar-refractivity contribution in [3.8, 4) is 0 Å². The van der Waals surface area contributed by atoms with Gasteiger partial charge in [-0.3, -0.25) is 0 Å². The first kappa shape index (κ1) is 29.5. The third-order valence-corrected chi connectivity index (χ3v) is 10.4. The fraction of sp³-hybridized carbons (Fsp3) is 0.217. The van der Waals surface area contributed by atoms with Crippen molar-refractivity contribution in [2.24, 2.45) is 0 Å². The molecule has 15 heteroatoms. The van der Waals surface area contributed by atoms with Crippen molar-refractivity contribution in [3.05, 3.63) is 69.1 Å². The number of sulfonamides is 1. The lowest BCUT2D eigenvalue weighted by Crippen LogP contribution is -2.46. The summed E-state index contributed by atoms with van der Waals surface area (Å²) in [5, 5.41) is 3.60. The Morgan fingerprint density at radius 1 is 0.684 bits per heavy atom. The van der Waals surface area contributed by atoms with Crippen LogP contribution in [-0.2, 0) is 19.1 Å². The van der Waals surface area contributed by atoms with Crippen molar-refractivity contribution in [3.63, 3.8) is 0 Å². The van der Waals surface area contributed by atoms with E-state index in [1.807, 2.05) is 7.05 Å². The Labute approximate surface area is 244 Å². The van der Waals surface area contributed by atoms with Crippen molar-refractivity contribution in [1.29, 1.82) is 0 Å². The summed E-state index contributed by atoms with van der Waals surface area (Å²) in [4.78, 5) is 10.1. The molecule has 2 aromatic carbocycles. The number of hydrogen-bond acceptors (Lipinski definition) is 7. The lowest BCUT2D eigenvalue weighted by Gasteiger charge is -2.31. The lowest BCUT2D eigenvalue weighted by molar-refractivity contribution is 0.222. The van der Waals surface area contributed by atoms with Crippen LogP contribution in [0.5, 0.6) is 0 Å². The number of rotatable bonds is 3. The summed E-state index contributed by atoms with van der Waals surface area (Å²) in [6, 6.07) is 9.04. The van der Waals surface area contributed by atoms with Gasteiger partial charge in [-0.25, -0.2) is 26.8 Å². The topological polar surface area (TPSA) is 101 Å². The number of likely N-dealkylation sites (N-methyl/N-ethyl adjacent to an activating group) is 1. The Balaban J connectivity index is 0.000000186. The number of pyridine rings is 2. The Hall–Kier alpha value is -1.47. The Morgan fingerprint density at radius 3 is 1.61 bits per heavy atom. The van der Waals surface area contributed by atoms with Gasteiger partial charge in [0, 0.05) is 70.8 Å². The van der Waals surface area contributed by atoms with E-state index in [-0.39, 0.29) is 20.1 Å². The molecule has 0 radical (unpaired) electrons. The van der Waals surface area contributed by atoms with E-state index < -0.39 is 19.1 Å². The fourth-order valence-electron chi connectivity index (χ4n) is 3.80. The molecule has 0 atom stereocenters. The number of piperazine rings is 1. The smallest absolute Gasteiger partial charge is 0.261 e. The van der Waals surface area contributed by atoms with Gasteiger partial charge in [0.1, 0.15) is 10.3 Å². The van der Waals surface area contributed by atoms with E-state index in [0.717, 1.165) is 13.1 Å². The number of aromatic nitrogens is 2. The fourth-order valence-corrected chi connectivity index (χ4v) is 6.86. The van der Waals surface area contributed by atoms with E-state index in [1.165, 1.54) is 28.8 Å². The SMILES string of the molecule is CN1CCN(S(=O)(=O)c2ccc3c(Cl)cnc(Cl)c3c2)CC1.O=S(=O)(Cl)c1ccc2c(Cl)cnc(Cl)c2c1. The van der Waals surface area contributed by atoms with Crippen molar-refractivity contribution in [2.75, 3.05) is 33.2 Å². The number of benzene rings is 2. The second-order valence-electron chi connectivity index (χ2n) is 8.35. The Bertz CT molecular complexity index is 1750. The van der Waals surface area contributed by atoms with Crippen molar-refractivity contribution in [1.82, 2.24) is 19.2 Å². The first-order valence-corrected chi connectivity index (χ1v) is 16.2. The quantitative estimate of drug-likeness (QED) is 0.199. The molecule has 1 saturated heterocycles. The standard InChI is InChI=1S/C14H15Cl2N3O2S.C9H4Cl3NO2S/c1-18-4-6-19(7-5-18)22(20,21)10-2-3-11-12(8-10)14(16)17-9-13(11)15;10-8-4-13-9(11)7-3-5(16(12,14)15)1-2-6(7)8/h2-3,8-9H,4-7H2,1H3;1-4H. The maximum absolute atomic E-state index is 12.7. The molecule has 0 bridgehead atoms. The molecular formula is C23H19Cl5N4O4S2. The van der Waals surface area contributed by atoms with Gasteiger partial charge in [0.05, 0.1) is 19.8 Å². The third-order valence-electron chi connectivity index (χ3n) is 5.91. The van der Waals surface area contributed by atoms with E-state index in [2.05, 4.69) is 14.9 Å². The zero-order chi connectivity index (χ0) is 27.8. The van der Waals surface area contributed by atoms with E-state index in [1.54, 1.807) is 24.3 Å². The average molecular weight is 657 g/mol. The minimum Gasteiger partial charge on any atom is -0.304 e. The van der Waals surface area contributed by atoms with E-state index in [9.17, 15) is 16.8 Å². The summed E-state index contributed by atoms with van der Waals surface area (Å²) in [6.07, 6.45) is 2.86. The van der Waals surface area contributed by atoms with Crippen LogP contribution >= 0.6 is 57.1 Å². The summed E-state index contributed by atoms with van der Waals surface area (Å²) in [7, 11) is -0.104. The van der Waals surface area contributed by atoms with Gasteiger partial charge in [0.25, 0.3) is 9.05 Å². The highest BCUT2D eigenvalue weighted by molar-refractivity contribution is 8.13. The predicted octanol–water partition coefficient (Wildman–Crippen LogP) is 5.95. The molecule has 0 aliphatic carbocycles. The van der Waals surface area contributed by atoms with Crippen molar-refractivity contribution in [2.45, 2.75) is 9.79 Å². The summed E-state index contributed by atoms with van der Waals surface area (Å²) in [6.45, 7) is 2.42. The molecule has 202 valence electrons. The summed E-state index contributed by atoms with van der Waals surface area (Å²) < 4.78 is 49.3. The molecule has 1 aliphatic rings. The molecule has 8 nitrogen and oxygen atoms in total. The van der Waals surface area contributed by atoms with Crippen LogP contribution in [0.1, 0.15) is 0 Å². The van der Waals surface area contributed by atoms with Crippen LogP contribution in [0, 0.1) is 0 Å². The number of hydrogen-bond donors (Lipinski definition) is 0. The first-order chi connectivity index (χ1) is 17.8. The molecular weight excluding hydrogens is 638 g/mol. The van der Waals surface area contributed by atoms with Crippen LogP contribution in [0.25, 0.3) is 21.5 Å². The highest BCUT2D eigenvalue weighted by atomic mass is 35.7. The normalized spacial score (nSPS) is 15.4. The Kier molecular flexibility index (Phi) is 8.98. The van der Waals surface area contributed by atoms with Gasteiger partial charge in [0.2, 0.25) is 10.0 Å². The summed E-state index contributed by atoms with van der Waals surface area (Å²) in [5.41, 5.74) is 0. The molecule has 3 heterocycles. The van der Waals surface area contributed by atoms with Gasteiger partial charge >= 0.3 is 0 Å². The number of fused-ring (bicyclic) bond motifs is 2. The minimum absolute atomic E-state index is 0.0346. The van der Waals surface area contributed by atoms with Crippen LogP contribution in [0.4, 0.5) is 0 Å². The van der Waals surface area contributed by atoms with Gasteiger partial charge in [-0.05, 0) is 31.3 Å². The van der Waals surface area contributed by atoms with Gasteiger partial charge in [0.15, 0.2) is 0 Å². The maximum atomic E-state index is 12.7. The van der Waals surface area contributed by atoms with E-state index in [4.69, 9.17) is 57.1 Å². The van der Waals surface area contributed by atoms with Crippen LogP contribution in [0.3, 0.4) is 0 Å². The second kappa shape index (κ2) is 11.6. The number of halogens is 5. The average Bonchev–Trinajstić information content (AvgIpc) is 2.88. The molecule has 1 aliphatic heterocycles. The summed E-state index contributed by atoms with van der Waals surface area (Å²) >= 11 is 23.9. The van der Waals surface area contributed by atoms with Crippen molar-refractivity contribution >= 4 is 97.7 Å². The second-order valence-corrected chi connectivity index (χ2v) is 14.4. The zero-order valence-corrected chi connectivity index (χ0v) is 25.0. The monoisotopic (exact) mass is 654 g/mol. The minimum atomic E-state index is -3.78. The molecule has 5 rings (SSSR count). The molecule has 2 aromatic heterocycles. The van der Waals surface area contributed by atoms with Gasteiger partial charge in [-0.2, -0.15) is 4.31 Å². The van der Waals surface area contributed by atoms with Crippen molar-refractivity contribution < 1.29 is 16.8 Å². The highest BCUT2D eigenvalue weighted by Crippen LogP contribution is 2.32. The van der Waals surface area contributed by atoms with Crippen LogP contribution in [-0.4, -0.2) is 69.2 Å². The largest absolute Gasteiger partial charge is 0.304 e. The summed E-state index contributed by atoms with van der Waals surface area (Å²) in [5.74, 6) is 0. The van der Waals surface area contributed by atoms with Gasteiger partial charge in [-0.1, -0.05) is 58.5 Å². The Morgan fingerprint density at radius 2 is 1.13 bits per heavy atom.